The van der Waals surface area contributed by atoms with Gasteiger partial charge in [0.15, 0.2) is 0 Å². The van der Waals surface area contributed by atoms with Crippen molar-refractivity contribution >= 4 is 5.91 Å². The van der Waals surface area contributed by atoms with Crippen molar-refractivity contribution in [2.24, 2.45) is 17.3 Å². The summed E-state index contributed by atoms with van der Waals surface area (Å²) in [5.74, 6) is 1.14. The SMILES string of the molecule is CC(C)(C)CC1CCC(C(=O)NCCOCCO)CC1. The van der Waals surface area contributed by atoms with Crippen LogP contribution in [0.15, 0.2) is 0 Å². The van der Waals surface area contributed by atoms with E-state index in [1.165, 1.54) is 19.3 Å². The van der Waals surface area contributed by atoms with Gasteiger partial charge in [0.2, 0.25) is 5.91 Å². The van der Waals surface area contributed by atoms with Gasteiger partial charge in [0.05, 0.1) is 19.8 Å². The molecule has 0 unspecified atom stereocenters. The summed E-state index contributed by atoms with van der Waals surface area (Å²) in [5, 5.41) is 11.5. The quantitative estimate of drug-likeness (QED) is 0.706. The molecular formula is C16H31NO3. The number of hydrogen-bond donors (Lipinski definition) is 2. The molecule has 0 saturated heterocycles. The second-order valence-electron chi connectivity index (χ2n) is 7.11. The second kappa shape index (κ2) is 8.63. The van der Waals surface area contributed by atoms with Gasteiger partial charge < -0.3 is 15.2 Å². The summed E-state index contributed by atoms with van der Waals surface area (Å²) in [5.41, 5.74) is 0.393. The van der Waals surface area contributed by atoms with E-state index < -0.39 is 0 Å². The molecule has 1 saturated carbocycles. The summed E-state index contributed by atoms with van der Waals surface area (Å²) in [6.07, 6.45) is 5.65. The Morgan fingerprint density at radius 1 is 1.20 bits per heavy atom. The van der Waals surface area contributed by atoms with Gasteiger partial charge in [-0.05, 0) is 43.4 Å². The summed E-state index contributed by atoms with van der Waals surface area (Å²) < 4.78 is 5.13. The third kappa shape index (κ3) is 7.25. The van der Waals surface area contributed by atoms with Gasteiger partial charge in [-0.1, -0.05) is 20.8 Å². The Hall–Kier alpha value is -0.610. The topological polar surface area (TPSA) is 58.6 Å². The Morgan fingerprint density at radius 3 is 2.40 bits per heavy atom. The smallest absolute Gasteiger partial charge is 0.223 e. The first-order valence-electron chi connectivity index (χ1n) is 7.88. The number of ether oxygens (including phenoxy) is 1. The highest BCUT2D eigenvalue weighted by atomic mass is 16.5. The van der Waals surface area contributed by atoms with Crippen LogP contribution in [0.25, 0.3) is 0 Å². The van der Waals surface area contributed by atoms with Crippen LogP contribution < -0.4 is 5.32 Å². The normalized spacial score (nSPS) is 23.6. The largest absolute Gasteiger partial charge is 0.394 e. The highest BCUT2D eigenvalue weighted by Crippen LogP contribution is 2.36. The molecule has 0 heterocycles. The maximum absolute atomic E-state index is 12.0. The van der Waals surface area contributed by atoms with E-state index in [1.54, 1.807) is 0 Å². The van der Waals surface area contributed by atoms with Crippen molar-refractivity contribution < 1.29 is 14.6 Å². The Balaban J connectivity index is 2.15. The number of carbonyl (C=O) groups excluding carboxylic acids is 1. The minimum absolute atomic E-state index is 0.0335. The fraction of sp³-hybridized carbons (Fsp3) is 0.938. The first kappa shape index (κ1) is 17.4. The van der Waals surface area contributed by atoms with E-state index in [4.69, 9.17) is 9.84 Å². The van der Waals surface area contributed by atoms with E-state index in [2.05, 4.69) is 26.1 Å². The lowest BCUT2D eigenvalue weighted by atomic mass is 9.74. The number of amides is 1. The van der Waals surface area contributed by atoms with E-state index in [-0.39, 0.29) is 18.4 Å². The van der Waals surface area contributed by atoms with Crippen LogP contribution in [0.4, 0.5) is 0 Å². The second-order valence-corrected chi connectivity index (χ2v) is 7.11. The number of nitrogens with one attached hydrogen (secondary N) is 1. The number of aliphatic hydroxyl groups is 1. The van der Waals surface area contributed by atoms with Crippen LogP contribution in [0.3, 0.4) is 0 Å². The zero-order valence-electron chi connectivity index (χ0n) is 13.3. The predicted molar refractivity (Wildman–Crippen MR) is 80.4 cm³/mol. The molecule has 1 aliphatic carbocycles. The molecule has 2 N–H and O–H groups in total. The van der Waals surface area contributed by atoms with Crippen molar-refractivity contribution in [2.75, 3.05) is 26.4 Å². The Labute approximate surface area is 123 Å². The van der Waals surface area contributed by atoms with Crippen molar-refractivity contribution in [1.29, 1.82) is 0 Å². The highest BCUT2D eigenvalue weighted by Gasteiger charge is 2.28. The predicted octanol–water partition coefficient (Wildman–Crippen LogP) is 2.35. The molecule has 1 amide bonds. The molecule has 118 valence electrons. The van der Waals surface area contributed by atoms with Gasteiger partial charge in [-0.25, -0.2) is 0 Å². The number of aliphatic hydroxyl groups excluding tert-OH is 1. The summed E-state index contributed by atoms with van der Waals surface area (Å²) in [6.45, 7) is 8.26. The summed E-state index contributed by atoms with van der Waals surface area (Å²) in [7, 11) is 0. The van der Waals surface area contributed by atoms with Crippen molar-refractivity contribution in [2.45, 2.75) is 52.9 Å². The molecule has 0 bridgehead atoms. The minimum atomic E-state index is 0.0335. The van der Waals surface area contributed by atoms with E-state index >= 15 is 0 Å². The molecule has 1 fully saturated rings. The molecule has 0 radical (unpaired) electrons. The third-order valence-corrected chi connectivity index (χ3v) is 3.90. The zero-order chi connectivity index (χ0) is 15.0. The average molecular weight is 285 g/mol. The zero-order valence-corrected chi connectivity index (χ0v) is 13.3. The minimum Gasteiger partial charge on any atom is -0.394 e. The maximum atomic E-state index is 12.0. The molecule has 20 heavy (non-hydrogen) atoms. The molecule has 0 aliphatic heterocycles. The van der Waals surface area contributed by atoms with Gasteiger partial charge >= 0.3 is 0 Å². The van der Waals surface area contributed by atoms with Gasteiger partial charge in [-0.2, -0.15) is 0 Å². The van der Waals surface area contributed by atoms with Crippen LogP contribution in [0.2, 0.25) is 0 Å². The first-order valence-corrected chi connectivity index (χ1v) is 7.88. The van der Waals surface area contributed by atoms with E-state index in [1.807, 2.05) is 0 Å². The summed E-state index contributed by atoms with van der Waals surface area (Å²) in [4.78, 5) is 12.0. The van der Waals surface area contributed by atoms with Crippen LogP contribution in [0.5, 0.6) is 0 Å². The standard InChI is InChI=1S/C16H31NO3/c1-16(2,3)12-13-4-6-14(7-5-13)15(19)17-8-10-20-11-9-18/h13-14,18H,4-12H2,1-3H3,(H,17,19). The highest BCUT2D eigenvalue weighted by molar-refractivity contribution is 5.78. The molecule has 1 rings (SSSR count). The van der Waals surface area contributed by atoms with Crippen LogP contribution in [-0.2, 0) is 9.53 Å². The number of hydrogen-bond acceptors (Lipinski definition) is 3. The maximum Gasteiger partial charge on any atom is 0.223 e. The fourth-order valence-electron chi connectivity index (χ4n) is 3.05. The molecule has 0 aromatic rings. The molecule has 0 aromatic heterocycles. The van der Waals surface area contributed by atoms with Crippen molar-refractivity contribution in [1.82, 2.24) is 5.32 Å². The van der Waals surface area contributed by atoms with Gasteiger partial charge in [-0.15, -0.1) is 0 Å². The van der Waals surface area contributed by atoms with Gasteiger partial charge in [-0.3, -0.25) is 4.79 Å². The molecule has 4 nitrogen and oxygen atoms in total. The third-order valence-electron chi connectivity index (χ3n) is 3.90. The average Bonchev–Trinajstić information content (AvgIpc) is 2.37. The lowest BCUT2D eigenvalue weighted by Gasteiger charge is -2.32. The van der Waals surface area contributed by atoms with Crippen LogP contribution >= 0.6 is 0 Å². The molecule has 0 aromatic carbocycles. The summed E-state index contributed by atoms with van der Waals surface area (Å²) in [6, 6.07) is 0. The number of rotatable bonds is 7. The fourth-order valence-corrected chi connectivity index (χ4v) is 3.05. The van der Waals surface area contributed by atoms with Crippen LogP contribution in [0.1, 0.15) is 52.9 Å². The van der Waals surface area contributed by atoms with Crippen LogP contribution in [-0.4, -0.2) is 37.4 Å². The van der Waals surface area contributed by atoms with E-state index in [0.29, 0.717) is 25.2 Å². The van der Waals surface area contributed by atoms with Crippen molar-refractivity contribution in [3.8, 4) is 0 Å². The Kier molecular flexibility index (Phi) is 7.52. The molecule has 1 aliphatic rings. The monoisotopic (exact) mass is 285 g/mol. The van der Waals surface area contributed by atoms with Crippen LogP contribution in [0, 0.1) is 17.3 Å². The van der Waals surface area contributed by atoms with Crippen molar-refractivity contribution in [3.05, 3.63) is 0 Å². The summed E-state index contributed by atoms with van der Waals surface area (Å²) >= 11 is 0. The van der Waals surface area contributed by atoms with Gasteiger partial charge in [0.25, 0.3) is 0 Å². The van der Waals surface area contributed by atoms with E-state index in [9.17, 15) is 4.79 Å². The Bertz CT molecular complexity index is 278. The van der Waals surface area contributed by atoms with E-state index in [0.717, 1.165) is 18.8 Å². The molecule has 4 heteroatoms. The molecule has 0 atom stereocenters. The molecular weight excluding hydrogens is 254 g/mol. The molecule has 0 spiro atoms. The van der Waals surface area contributed by atoms with Gasteiger partial charge in [0, 0.05) is 12.5 Å². The lowest BCUT2D eigenvalue weighted by Crippen LogP contribution is -2.35. The van der Waals surface area contributed by atoms with Crippen molar-refractivity contribution in [3.63, 3.8) is 0 Å². The lowest BCUT2D eigenvalue weighted by molar-refractivity contribution is -0.126. The first-order chi connectivity index (χ1) is 9.42. The number of carbonyl (C=O) groups is 1. The Morgan fingerprint density at radius 2 is 1.85 bits per heavy atom. The van der Waals surface area contributed by atoms with Gasteiger partial charge in [0.1, 0.15) is 0 Å².